The van der Waals surface area contributed by atoms with Crippen LogP contribution >= 0.6 is 23.7 Å². The van der Waals surface area contributed by atoms with E-state index < -0.39 is 0 Å². The second kappa shape index (κ2) is 10.4. The Morgan fingerprint density at radius 1 is 0.933 bits per heavy atom. The number of anilines is 1. The van der Waals surface area contributed by atoms with Gasteiger partial charge in [-0.25, -0.2) is 4.98 Å². The van der Waals surface area contributed by atoms with Gasteiger partial charge >= 0.3 is 0 Å². The van der Waals surface area contributed by atoms with E-state index >= 15 is 0 Å². The molecule has 0 aliphatic carbocycles. The Balaban J connectivity index is 0.00000320. The molecule has 0 atom stereocenters. The van der Waals surface area contributed by atoms with Crippen LogP contribution in [0, 0.1) is 27.7 Å². The minimum atomic E-state index is 0. The van der Waals surface area contributed by atoms with Crippen molar-refractivity contribution in [3.05, 3.63) is 58.1 Å². The molecule has 1 heterocycles. The van der Waals surface area contributed by atoms with E-state index in [1.54, 1.807) is 11.3 Å². The molecule has 4 nitrogen and oxygen atoms in total. The fourth-order valence-electron chi connectivity index (χ4n) is 3.74. The van der Waals surface area contributed by atoms with Gasteiger partial charge in [0.15, 0.2) is 5.13 Å². The molecule has 0 fully saturated rings. The van der Waals surface area contributed by atoms with E-state index in [1.165, 1.54) is 16.7 Å². The predicted molar refractivity (Wildman–Crippen MR) is 132 cm³/mol. The molecule has 3 rings (SSSR count). The summed E-state index contributed by atoms with van der Waals surface area (Å²) in [4.78, 5) is 22.6. The number of benzene rings is 2. The molecule has 0 saturated heterocycles. The van der Waals surface area contributed by atoms with Crippen LogP contribution in [0.4, 0.5) is 5.13 Å². The highest BCUT2D eigenvalue weighted by molar-refractivity contribution is 7.22. The first-order valence-corrected chi connectivity index (χ1v) is 11.1. The van der Waals surface area contributed by atoms with Crippen molar-refractivity contribution in [3.8, 4) is 0 Å². The van der Waals surface area contributed by atoms with E-state index in [4.69, 9.17) is 4.98 Å². The summed E-state index contributed by atoms with van der Waals surface area (Å²) in [6.07, 6.45) is 0. The molecule has 0 unspecified atom stereocenters. The first-order chi connectivity index (χ1) is 13.8. The van der Waals surface area contributed by atoms with Gasteiger partial charge < -0.3 is 4.90 Å². The quantitative estimate of drug-likeness (QED) is 0.451. The predicted octanol–water partition coefficient (Wildman–Crippen LogP) is 5.94. The second-order valence-electron chi connectivity index (χ2n) is 7.73. The van der Waals surface area contributed by atoms with Crippen molar-refractivity contribution in [3.63, 3.8) is 0 Å². The zero-order valence-corrected chi connectivity index (χ0v) is 20.4. The molecule has 1 aromatic heterocycles. The molecule has 6 heteroatoms. The van der Waals surface area contributed by atoms with Gasteiger partial charge in [-0.1, -0.05) is 48.9 Å². The summed E-state index contributed by atoms with van der Waals surface area (Å²) >= 11 is 1.62. The van der Waals surface area contributed by atoms with E-state index in [0.717, 1.165) is 46.1 Å². The number of halogens is 1. The van der Waals surface area contributed by atoms with Gasteiger partial charge in [0, 0.05) is 18.7 Å². The highest BCUT2D eigenvalue weighted by Crippen LogP contribution is 2.33. The molecule has 0 bridgehead atoms. The molecule has 162 valence electrons. The van der Waals surface area contributed by atoms with E-state index in [9.17, 15) is 4.79 Å². The first-order valence-electron chi connectivity index (χ1n) is 10.3. The van der Waals surface area contributed by atoms with Crippen LogP contribution in [0.15, 0.2) is 30.3 Å². The average molecular weight is 446 g/mol. The van der Waals surface area contributed by atoms with Crippen molar-refractivity contribution in [1.82, 2.24) is 9.88 Å². The molecule has 3 aromatic rings. The Morgan fingerprint density at radius 3 is 2.23 bits per heavy atom. The van der Waals surface area contributed by atoms with Gasteiger partial charge in [0.25, 0.3) is 5.91 Å². The van der Waals surface area contributed by atoms with Crippen LogP contribution in [0.2, 0.25) is 0 Å². The van der Waals surface area contributed by atoms with Crippen molar-refractivity contribution in [2.24, 2.45) is 0 Å². The summed E-state index contributed by atoms with van der Waals surface area (Å²) in [6, 6.07) is 10.3. The van der Waals surface area contributed by atoms with E-state index in [-0.39, 0.29) is 18.3 Å². The van der Waals surface area contributed by atoms with Crippen molar-refractivity contribution >= 4 is 45.0 Å². The third-order valence-electron chi connectivity index (χ3n) is 5.43. The third-order valence-corrected chi connectivity index (χ3v) is 6.66. The minimum Gasteiger partial charge on any atom is -0.302 e. The van der Waals surface area contributed by atoms with Gasteiger partial charge in [-0.05, 0) is 69.6 Å². The maximum atomic E-state index is 13.6. The lowest BCUT2D eigenvalue weighted by Gasteiger charge is -2.25. The molecule has 2 aromatic carbocycles. The zero-order valence-electron chi connectivity index (χ0n) is 18.8. The summed E-state index contributed by atoms with van der Waals surface area (Å²) in [7, 11) is 0. The van der Waals surface area contributed by atoms with Crippen molar-refractivity contribution in [1.29, 1.82) is 0 Å². The summed E-state index contributed by atoms with van der Waals surface area (Å²) in [6.45, 7) is 16.0. The van der Waals surface area contributed by atoms with E-state index in [2.05, 4.69) is 57.7 Å². The molecule has 1 amide bonds. The number of hydrogen-bond acceptors (Lipinski definition) is 4. The zero-order chi connectivity index (χ0) is 21.1. The normalized spacial score (nSPS) is 11.0. The highest BCUT2D eigenvalue weighted by atomic mass is 35.5. The Bertz CT molecular complexity index is 1030. The van der Waals surface area contributed by atoms with Crippen LogP contribution in [0.5, 0.6) is 0 Å². The number of fused-ring (bicyclic) bond motifs is 1. The lowest BCUT2D eigenvalue weighted by molar-refractivity contribution is 0.0983. The lowest BCUT2D eigenvalue weighted by Crippen LogP contribution is -2.39. The van der Waals surface area contributed by atoms with Gasteiger partial charge in [-0.15, -0.1) is 12.4 Å². The number of nitrogens with zero attached hydrogens (tertiary/aromatic N) is 3. The SMILES string of the molecule is CCN(CC)CCN(C(=O)c1ccc(C)cc1C)c1nc2cc(C)cc(C)c2s1.Cl. The molecular weight excluding hydrogens is 414 g/mol. The van der Waals surface area contributed by atoms with Crippen molar-refractivity contribution in [2.45, 2.75) is 41.5 Å². The molecule has 0 N–H and O–H groups in total. The van der Waals surface area contributed by atoms with Gasteiger partial charge in [0.2, 0.25) is 0 Å². The molecule has 0 spiro atoms. The van der Waals surface area contributed by atoms with E-state index in [1.807, 2.05) is 24.0 Å². The Kier molecular flexibility index (Phi) is 8.42. The van der Waals surface area contributed by atoms with Gasteiger partial charge in [-0.2, -0.15) is 0 Å². The summed E-state index contributed by atoms with van der Waals surface area (Å²) < 4.78 is 1.16. The molecule has 30 heavy (non-hydrogen) atoms. The van der Waals surface area contributed by atoms with Crippen molar-refractivity contribution in [2.75, 3.05) is 31.1 Å². The largest absolute Gasteiger partial charge is 0.302 e. The molecular formula is C24H32ClN3OS. The summed E-state index contributed by atoms with van der Waals surface area (Å²) in [5, 5.41) is 0.783. The average Bonchev–Trinajstić information content (AvgIpc) is 3.09. The number of carbonyl (C=O) groups excluding carboxylic acids is 1. The lowest BCUT2D eigenvalue weighted by atomic mass is 10.0. The molecule has 0 aliphatic rings. The van der Waals surface area contributed by atoms with Gasteiger partial charge in [0.1, 0.15) is 0 Å². The van der Waals surface area contributed by atoms with Crippen LogP contribution in [0.1, 0.15) is 46.5 Å². The number of aromatic nitrogens is 1. The van der Waals surface area contributed by atoms with Crippen LogP contribution in [-0.2, 0) is 0 Å². The smallest absolute Gasteiger partial charge is 0.260 e. The minimum absolute atomic E-state index is 0. The fraction of sp³-hybridized carbons (Fsp3) is 0.417. The Morgan fingerprint density at radius 2 is 1.60 bits per heavy atom. The highest BCUT2D eigenvalue weighted by Gasteiger charge is 2.23. The number of hydrogen-bond donors (Lipinski definition) is 0. The van der Waals surface area contributed by atoms with E-state index in [0.29, 0.717) is 6.54 Å². The Hall–Kier alpha value is -1.95. The Labute approximate surface area is 190 Å². The number of rotatable bonds is 7. The summed E-state index contributed by atoms with van der Waals surface area (Å²) in [5.74, 6) is 0.0306. The maximum Gasteiger partial charge on any atom is 0.260 e. The van der Waals surface area contributed by atoms with Crippen LogP contribution < -0.4 is 4.90 Å². The topological polar surface area (TPSA) is 36.4 Å². The van der Waals surface area contributed by atoms with Crippen LogP contribution in [0.3, 0.4) is 0 Å². The van der Waals surface area contributed by atoms with Crippen LogP contribution in [0.25, 0.3) is 10.2 Å². The standard InChI is InChI=1S/C24H31N3OS.ClH/c1-7-26(8-2)11-12-27(23(28)20-10-9-16(3)13-18(20)5)24-25-21-15-17(4)14-19(6)22(21)29-24;/h9-10,13-15H,7-8,11-12H2,1-6H3;1H. The number of thiazole rings is 1. The molecule has 0 aliphatic heterocycles. The molecule has 0 radical (unpaired) electrons. The first kappa shape index (κ1) is 24.3. The second-order valence-corrected chi connectivity index (χ2v) is 8.71. The third kappa shape index (κ3) is 5.20. The monoisotopic (exact) mass is 445 g/mol. The van der Waals surface area contributed by atoms with Crippen LogP contribution in [-0.4, -0.2) is 42.0 Å². The fourth-order valence-corrected chi connectivity index (χ4v) is 4.78. The van der Waals surface area contributed by atoms with Gasteiger partial charge in [0.05, 0.1) is 10.2 Å². The maximum absolute atomic E-state index is 13.6. The van der Waals surface area contributed by atoms with Gasteiger partial charge in [-0.3, -0.25) is 9.69 Å². The molecule has 0 saturated carbocycles. The number of likely N-dealkylation sites (N-methyl/N-ethyl adjacent to an activating group) is 1. The number of amides is 1. The van der Waals surface area contributed by atoms with Crippen molar-refractivity contribution < 1.29 is 4.79 Å². The number of carbonyl (C=O) groups is 1. The summed E-state index contributed by atoms with van der Waals surface area (Å²) in [5.41, 5.74) is 6.32. The number of aryl methyl sites for hydroxylation is 4.